The second kappa shape index (κ2) is 7.31. The summed E-state index contributed by atoms with van der Waals surface area (Å²) in [7, 11) is 1.78. The van der Waals surface area contributed by atoms with E-state index >= 15 is 0 Å². The van der Waals surface area contributed by atoms with Gasteiger partial charge in [-0.05, 0) is 19.4 Å². The zero-order valence-corrected chi connectivity index (χ0v) is 11.6. The second-order valence-corrected chi connectivity index (χ2v) is 4.01. The first kappa shape index (κ1) is 14.9. The summed E-state index contributed by atoms with van der Waals surface area (Å²) in [5.41, 5.74) is 1.08. The van der Waals surface area contributed by atoms with Crippen molar-refractivity contribution in [3.05, 3.63) is 42.1 Å². The second-order valence-electron chi connectivity index (χ2n) is 4.01. The first-order valence-corrected chi connectivity index (χ1v) is 6.31. The summed E-state index contributed by atoms with van der Waals surface area (Å²) in [4.78, 5) is 17.9. The molecule has 0 aliphatic rings. The van der Waals surface area contributed by atoms with Gasteiger partial charge in [0.25, 0.3) is 5.91 Å². The Balaban J connectivity index is 3.02. The van der Waals surface area contributed by atoms with Gasteiger partial charge >= 0.3 is 0 Å². The quantitative estimate of drug-likeness (QED) is 0.630. The SMILES string of the molecule is CC/C=C\C=C(/C=N)N(CC)C(=O)c1cncn1C. The summed E-state index contributed by atoms with van der Waals surface area (Å²) in [6, 6.07) is 0. The Hall–Kier alpha value is -2.17. The number of aryl methyl sites for hydroxylation is 1. The third-order valence-corrected chi connectivity index (χ3v) is 2.70. The van der Waals surface area contributed by atoms with Crippen LogP contribution >= 0.6 is 0 Å². The molecule has 1 aromatic heterocycles. The number of carbonyl (C=O) groups excluding carboxylic acids is 1. The lowest BCUT2D eigenvalue weighted by molar-refractivity contribution is 0.0811. The number of rotatable bonds is 6. The molecule has 0 saturated carbocycles. The van der Waals surface area contributed by atoms with Crippen molar-refractivity contribution in [1.29, 1.82) is 5.41 Å². The predicted molar refractivity (Wildman–Crippen MR) is 76.2 cm³/mol. The number of aromatic nitrogens is 2. The van der Waals surface area contributed by atoms with E-state index in [0.29, 0.717) is 17.9 Å². The lowest BCUT2D eigenvalue weighted by Gasteiger charge is -2.21. The van der Waals surface area contributed by atoms with Crippen molar-refractivity contribution in [1.82, 2.24) is 14.5 Å². The Labute approximate surface area is 113 Å². The van der Waals surface area contributed by atoms with Gasteiger partial charge in [-0.2, -0.15) is 0 Å². The highest BCUT2D eigenvalue weighted by Crippen LogP contribution is 2.09. The van der Waals surface area contributed by atoms with Crippen LogP contribution in [-0.4, -0.2) is 33.1 Å². The maximum absolute atomic E-state index is 12.4. The highest BCUT2D eigenvalue weighted by Gasteiger charge is 2.19. The third kappa shape index (κ3) is 3.64. The Morgan fingerprint density at radius 1 is 1.53 bits per heavy atom. The summed E-state index contributed by atoms with van der Waals surface area (Å²) >= 11 is 0. The van der Waals surface area contributed by atoms with Gasteiger partial charge < -0.3 is 14.9 Å². The van der Waals surface area contributed by atoms with E-state index in [1.807, 2.05) is 26.0 Å². The number of amides is 1. The molecule has 5 nitrogen and oxygen atoms in total. The summed E-state index contributed by atoms with van der Waals surface area (Å²) in [6.45, 7) is 4.42. The maximum Gasteiger partial charge on any atom is 0.276 e. The number of nitrogens with zero attached hydrogens (tertiary/aromatic N) is 3. The molecule has 0 atom stereocenters. The van der Waals surface area contributed by atoms with Crippen molar-refractivity contribution in [3.8, 4) is 0 Å². The Morgan fingerprint density at radius 3 is 2.74 bits per heavy atom. The Bertz CT molecular complexity index is 499. The average Bonchev–Trinajstić information content (AvgIpc) is 2.83. The third-order valence-electron chi connectivity index (χ3n) is 2.70. The summed E-state index contributed by atoms with van der Waals surface area (Å²) in [6.07, 6.45) is 10.8. The van der Waals surface area contributed by atoms with Gasteiger partial charge in [0.2, 0.25) is 0 Å². The molecule has 0 saturated heterocycles. The zero-order chi connectivity index (χ0) is 14.3. The Morgan fingerprint density at radius 2 is 2.26 bits per heavy atom. The predicted octanol–water partition coefficient (Wildman–Crippen LogP) is 2.38. The van der Waals surface area contributed by atoms with E-state index in [2.05, 4.69) is 4.98 Å². The van der Waals surface area contributed by atoms with Crippen LogP contribution < -0.4 is 0 Å². The molecule has 1 N–H and O–H groups in total. The van der Waals surface area contributed by atoms with Gasteiger partial charge in [-0.15, -0.1) is 0 Å². The van der Waals surface area contributed by atoms with Crippen LogP contribution in [0.1, 0.15) is 30.8 Å². The summed E-state index contributed by atoms with van der Waals surface area (Å²) in [5.74, 6) is -0.151. The van der Waals surface area contributed by atoms with E-state index in [9.17, 15) is 4.79 Å². The monoisotopic (exact) mass is 260 g/mol. The number of allylic oxidation sites excluding steroid dienone is 4. The fourth-order valence-corrected chi connectivity index (χ4v) is 1.66. The smallest absolute Gasteiger partial charge is 0.276 e. The standard InChI is InChI=1S/C14H20N4O/c1-4-6-7-8-12(9-15)18(5-2)14(19)13-10-16-11-17(13)3/h6-11,15H,4-5H2,1-3H3/b7-6-,12-8+,15-9?. The molecule has 1 amide bonds. The van der Waals surface area contributed by atoms with Crippen LogP contribution in [0.25, 0.3) is 0 Å². The largest absolute Gasteiger partial charge is 0.330 e. The van der Waals surface area contributed by atoms with Gasteiger partial charge in [-0.3, -0.25) is 4.79 Å². The van der Waals surface area contributed by atoms with Gasteiger partial charge in [-0.25, -0.2) is 4.98 Å². The van der Waals surface area contributed by atoms with Crippen LogP contribution in [0.4, 0.5) is 0 Å². The van der Waals surface area contributed by atoms with E-state index < -0.39 is 0 Å². The molecule has 0 unspecified atom stereocenters. The lowest BCUT2D eigenvalue weighted by atomic mass is 10.3. The van der Waals surface area contributed by atoms with E-state index in [4.69, 9.17) is 5.41 Å². The number of carbonyl (C=O) groups is 1. The van der Waals surface area contributed by atoms with Crippen molar-refractivity contribution < 1.29 is 4.79 Å². The zero-order valence-electron chi connectivity index (χ0n) is 11.6. The summed E-state index contributed by atoms with van der Waals surface area (Å²) in [5, 5.41) is 7.46. The van der Waals surface area contributed by atoms with Crippen LogP contribution in [0, 0.1) is 5.41 Å². The van der Waals surface area contributed by atoms with Crippen LogP contribution in [0.3, 0.4) is 0 Å². The van der Waals surface area contributed by atoms with Crippen molar-refractivity contribution in [2.24, 2.45) is 7.05 Å². The molecule has 0 fully saturated rings. The number of imidazole rings is 1. The van der Waals surface area contributed by atoms with Crippen molar-refractivity contribution in [2.45, 2.75) is 20.3 Å². The van der Waals surface area contributed by atoms with Crippen LogP contribution in [0.15, 0.2) is 36.4 Å². The van der Waals surface area contributed by atoms with Crippen LogP contribution in [0.5, 0.6) is 0 Å². The maximum atomic E-state index is 12.4. The molecule has 5 heteroatoms. The molecule has 0 aliphatic heterocycles. The highest BCUT2D eigenvalue weighted by atomic mass is 16.2. The van der Waals surface area contributed by atoms with Crippen molar-refractivity contribution >= 4 is 12.1 Å². The first-order chi connectivity index (χ1) is 9.15. The van der Waals surface area contributed by atoms with E-state index in [1.54, 1.807) is 28.9 Å². The fourth-order valence-electron chi connectivity index (χ4n) is 1.66. The van der Waals surface area contributed by atoms with Crippen LogP contribution in [0.2, 0.25) is 0 Å². The van der Waals surface area contributed by atoms with Gasteiger partial charge in [-0.1, -0.05) is 19.1 Å². The molecule has 0 radical (unpaired) electrons. The molecule has 1 heterocycles. The van der Waals surface area contributed by atoms with Crippen LogP contribution in [-0.2, 0) is 7.05 Å². The molecule has 0 bridgehead atoms. The fraction of sp³-hybridized carbons (Fsp3) is 0.357. The topological polar surface area (TPSA) is 62.0 Å². The Kier molecular flexibility index (Phi) is 5.73. The molecule has 1 rings (SSSR count). The minimum Gasteiger partial charge on any atom is -0.330 e. The molecule has 19 heavy (non-hydrogen) atoms. The molecule has 0 aromatic carbocycles. The van der Waals surface area contributed by atoms with Gasteiger partial charge in [0, 0.05) is 19.8 Å². The number of hydrogen-bond acceptors (Lipinski definition) is 3. The molecule has 0 spiro atoms. The first-order valence-electron chi connectivity index (χ1n) is 6.31. The normalized spacial score (nSPS) is 11.8. The van der Waals surface area contributed by atoms with Crippen molar-refractivity contribution in [2.75, 3.05) is 6.54 Å². The molecule has 102 valence electrons. The van der Waals surface area contributed by atoms with Gasteiger partial charge in [0.05, 0.1) is 18.2 Å². The average molecular weight is 260 g/mol. The van der Waals surface area contributed by atoms with E-state index in [0.717, 1.165) is 6.42 Å². The van der Waals surface area contributed by atoms with Crippen molar-refractivity contribution in [3.63, 3.8) is 0 Å². The lowest BCUT2D eigenvalue weighted by Crippen LogP contribution is -2.32. The number of hydrogen-bond donors (Lipinski definition) is 1. The van der Waals surface area contributed by atoms with Gasteiger partial charge in [0.15, 0.2) is 0 Å². The highest BCUT2D eigenvalue weighted by molar-refractivity contribution is 5.97. The number of nitrogens with one attached hydrogen (secondary N) is 1. The minimum absolute atomic E-state index is 0.151. The summed E-state index contributed by atoms with van der Waals surface area (Å²) < 4.78 is 1.68. The van der Waals surface area contributed by atoms with E-state index in [-0.39, 0.29) is 5.91 Å². The van der Waals surface area contributed by atoms with Gasteiger partial charge in [0.1, 0.15) is 5.69 Å². The molecule has 0 aliphatic carbocycles. The molecular formula is C14H20N4O. The molecule has 1 aromatic rings. The molecular weight excluding hydrogens is 240 g/mol. The minimum atomic E-state index is -0.151. The van der Waals surface area contributed by atoms with E-state index in [1.165, 1.54) is 12.4 Å².